The number of carbonyl (C=O) groups is 1. The minimum atomic E-state index is -0.834. The zero-order valence-corrected chi connectivity index (χ0v) is 20.0. The molecule has 3 N–H and O–H groups in total. The molecule has 1 atom stereocenters. The van der Waals surface area contributed by atoms with Crippen LogP contribution in [0.5, 0.6) is 5.75 Å². The molecule has 3 aromatic carbocycles. The second-order valence-corrected chi connectivity index (χ2v) is 8.10. The first-order chi connectivity index (χ1) is 16.7. The lowest BCUT2D eigenvalue weighted by atomic mass is 10.2. The van der Waals surface area contributed by atoms with Crippen molar-refractivity contribution in [3.63, 3.8) is 0 Å². The summed E-state index contributed by atoms with van der Waals surface area (Å²) in [4.78, 5) is 22.0. The first kappa shape index (κ1) is 25.9. The van der Waals surface area contributed by atoms with Gasteiger partial charge in [0, 0.05) is 25.6 Å². The number of nitro benzene ring substituents is 1. The van der Waals surface area contributed by atoms with E-state index in [0.717, 1.165) is 6.07 Å². The summed E-state index contributed by atoms with van der Waals surface area (Å²) < 4.78 is 5.53. The maximum absolute atomic E-state index is 11.7. The number of para-hydroxylation sites is 1. The van der Waals surface area contributed by atoms with E-state index in [0.29, 0.717) is 17.1 Å². The second kappa shape index (κ2) is 12.1. The van der Waals surface area contributed by atoms with E-state index in [2.05, 4.69) is 20.9 Å². The van der Waals surface area contributed by atoms with Crippen LogP contribution in [0, 0.1) is 10.1 Å². The summed E-state index contributed by atoms with van der Waals surface area (Å²) in [6.45, 7) is 1.53. The second-order valence-electron chi connectivity index (χ2n) is 7.28. The number of anilines is 2. The van der Waals surface area contributed by atoms with Crippen molar-refractivity contribution < 1.29 is 19.6 Å². The highest BCUT2D eigenvalue weighted by atomic mass is 35.5. The quantitative estimate of drug-likeness (QED) is 0.168. The number of ether oxygens (including phenoxy) is 1. The number of benzene rings is 3. The number of aliphatic hydroxyl groups is 1. The first-order valence-electron chi connectivity index (χ1n) is 10.3. The molecule has 0 radical (unpaired) electrons. The SMILES string of the molecule is CC(=O)Nc1cc(NCC(O)COc2ccccc2)c(Cl)cc1N=Nc1ccc([N+](=O)[O-])cc1Cl. The molecule has 0 aliphatic rings. The number of nitrogens with zero attached hydrogens (tertiary/aromatic N) is 3. The molecule has 0 bridgehead atoms. The highest BCUT2D eigenvalue weighted by Crippen LogP contribution is 2.37. The van der Waals surface area contributed by atoms with Gasteiger partial charge in [-0.25, -0.2) is 0 Å². The van der Waals surface area contributed by atoms with E-state index in [1.165, 1.54) is 25.1 Å². The summed E-state index contributed by atoms with van der Waals surface area (Å²) in [5.41, 5.74) is 1.01. The molecule has 3 aromatic rings. The number of amides is 1. The fourth-order valence-corrected chi connectivity index (χ4v) is 3.30. The minimum absolute atomic E-state index is 0.0418. The molecule has 0 aromatic heterocycles. The van der Waals surface area contributed by atoms with E-state index in [-0.39, 0.29) is 46.2 Å². The highest BCUT2D eigenvalue weighted by Gasteiger charge is 2.13. The van der Waals surface area contributed by atoms with Crippen LogP contribution in [0.3, 0.4) is 0 Å². The lowest BCUT2D eigenvalue weighted by Crippen LogP contribution is -2.26. The maximum atomic E-state index is 11.7. The monoisotopic (exact) mass is 517 g/mol. The van der Waals surface area contributed by atoms with Crippen LogP contribution in [0.4, 0.5) is 28.4 Å². The summed E-state index contributed by atoms with van der Waals surface area (Å²) in [5.74, 6) is 0.291. The van der Waals surface area contributed by atoms with Gasteiger partial charge >= 0.3 is 0 Å². The van der Waals surface area contributed by atoms with E-state index in [4.69, 9.17) is 27.9 Å². The van der Waals surface area contributed by atoms with Crippen molar-refractivity contribution in [3.05, 3.63) is 80.8 Å². The Morgan fingerprint density at radius 3 is 2.43 bits per heavy atom. The van der Waals surface area contributed by atoms with E-state index in [1.54, 1.807) is 18.2 Å². The van der Waals surface area contributed by atoms with Gasteiger partial charge in [-0.05, 0) is 30.3 Å². The van der Waals surface area contributed by atoms with E-state index in [9.17, 15) is 20.0 Å². The number of halogens is 2. The van der Waals surface area contributed by atoms with Crippen molar-refractivity contribution in [3.8, 4) is 5.75 Å². The first-order valence-corrected chi connectivity index (χ1v) is 11.0. The van der Waals surface area contributed by atoms with Crippen LogP contribution in [-0.4, -0.2) is 35.2 Å². The molecule has 0 aliphatic heterocycles. The third kappa shape index (κ3) is 7.64. The normalized spacial score (nSPS) is 11.8. The number of nitro groups is 1. The van der Waals surface area contributed by atoms with Gasteiger partial charge < -0.3 is 20.5 Å². The Labute approximate surface area is 210 Å². The van der Waals surface area contributed by atoms with E-state index >= 15 is 0 Å². The van der Waals surface area contributed by atoms with E-state index < -0.39 is 11.0 Å². The third-order valence-corrected chi connectivity index (χ3v) is 5.13. The number of rotatable bonds is 10. The van der Waals surface area contributed by atoms with Crippen LogP contribution >= 0.6 is 23.2 Å². The molecule has 12 heteroatoms. The summed E-state index contributed by atoms with van der Waals surface area (Å²) in [7, 11) is 0. The molecule has 1 amide bonds. The van der Waals surface area contributed by atoms with Crippen molar-refractivity contribution >= 4 is 57.5 Å². The topological polar surface area (TPSA) is 138 Å². The number of hydrogen-bond donors (Lipinski definition) is 3. The molecule has 3 rings (SSSR count). The van der Waals surface area contributed by atoms with Gasteiger partial charge in [-0.2, -0.15) is 0 Å². The van der Waals surface area contributed by atoms with Gasteiger partial charge in [0.2, 0.25) is 5.91 Å². The van der Waals surface area contributed by atoms with Crippen LogP contribution in [0.15, 0.2) is 70.9 Å². The third-order valence-electron chi connectivity index (χ3n) is 4.52. The van der Waals surface area contributed by atoms with Gasteiger partial charge in [-0.1, -0.05) is 41.4 Å². The van der Waals surface area contributed by atoms with Crippen LogP contribution in [-0.2, 0) is 4.79 Å². The van der Waals surface area contributed by atoms with Crippen LogP contribution in [0.1, 0.15) is 6.92 Å². The van der Waals surface area contributed by atoms with Gasteiger partial charge in [0.25, 0.3) is 5.69 Å². The molecule has 0 saturated heterocycles. The standard InChI is InChI=1S/C23H21Cl2N5O5/c1-14(31)27-22-11-21(26-12-16(32)13-35-17-5-3-2-4-6-17)19(25)10-23(22)29-28-20-8-7-15(30(33)34)9-18(20)24/h2-11,16,26,32H,12-13H2,1H3,(H,27,31). The molecule has 10 nitrogen and oxygen atoms in total. The lowest BCUT2D eigenvalue weighted by Gasteiger charge is -2.16. The molecule has 182 valence electrons. The van der Waals surface area contributed by atoms with Crippen molar-refractivity contribution in [2.75, 3.05) is 23.8 Å². The van der Waals surface area contributed by atoms with Crippen molar-refractivity contribution in [2.24, 2.45) is 10.2 Å². The Bertz CT molecular complexity index is 1240. The molecule has 1 unspecified atom stereocenters. The molecular weight excluding hydrogens is 497 g/mol. The van der Waals surface area contributed by atoms with Gasteiger partial charge in [0.15, 0.2) is 0 Å². The Morgan fingerprint density at radius 1 is 1.06 bits per heavy atom. The van der Waals surface area contributed by atoms with Crippen LogP contribution in [0.25, 0.3) is 0 Å². The molecule has 0 saturated carbocycles. The van der Waals surface area contributed by atoms with Gasteiger partial charge in [0.1, 0.15) is 29.8 Å². The Balaban J connectivity index is 1.74. The lowest BCUT2D eigenvalue weighted by molar-refractivity contribution is -0.384. The number of carbonyl (C=O) groups excluding carboxylic acids is 1. The number of nitrogens with one attached hydrogen (secondary N) is 2. The Kier molecular flexibility index (Phi) is 8.96. The van der Waals surface area contributed by atoms with Gasteiger partial charge in [0.05, 0.1) is 26.3 Å². The largest absolute Gasteiger partial charge is 0.491 e. The van der Waals surface area contributed by atoms with Gasteiger partial charge in [-0.15, -0.1) is 10.2 Å². The zero-order valence-electron chi connectivity index (χ0n) is 18.4. The molecule has 0 spiro atoms. The van der Waals surface area contributed by atoms with Crippen molar-refractivity contribution in [2.45, 2.75) is 13.0 Å². The van der Waals surface area contributed by atoms with E-state index in [1.807, 2.05) is 18.2 Å². The highest BCUT2D eigenvalue weighted by molar-refractivity contribution is 6.34. The summed E-state index contributed by atoms with van der Waals surface area (Å²) in [6, 6.07) is 15.9. The average molecular weight is 518 g/mol. The number of non-ortho nitro benzene ring substituents is 1. The van der Waals surface area contributed by atoms with Gasteiger partial charge in [-0.3, -0.25) is 14.9 Å². The molecule has 35 heavy (non-hydrogen) atoms. The van der Waals surface area contributed by atoms with Crippen LogP contribution in [0.2, 0.25) is 10.0 Å². The smallest absolute Gasteiger partial charge is 0.271 e. The minimum Gasteiger partial charge on any atom is -0.491 e. The Morgan fingerprint density at radius 2 is 1.77 bits per heavy atom. The summed E-state index contributed by atoms with van der Waals surface area (Å²) in [6.07, 6.45) is -0.834. The summed E-state index contributed by atoms with van der Waals surface area (Å²) in [5, 5.41) is 35.2. The number of aliphatic hydroxyl groups excluding tert-OH is 1. The molecule has 0 heterocycles. The molecule has 0 fully saturated rings. The molecular formula is C23H21Cl2N5O5. The Hall–Kier alpha value is -3.73. The summed E-state index contributed by atoms with van der Waals surface area (Å²) >= 11 is 12.4. The van der Waals surface area contributed by atoms with Crippen molar-refractivity contribution in [1.82, 2.24) is 0 Å². The predicted octanol–water partition coefficient (Wildman–Crippen LogP) is 6.13. The fraction of sp³-hybridized carbons (Fsp3) is 0.174. The maximum Gasteiger partial charge on any atom is 0.271 e. The molecule has 0 aliphatic carbocycles. The number of hydrogen-bond acceptors (Lipinski definition) is 8. The fourth-order valence-electron chi connectivity index (χ4n) is 2.86. The average Bonchev–Trinajstić information content (AvgIpc) is 2.82. The predicted molar refractivity (Wildman–Crippen MR) is 134 cm³/mol. The van der Waals surface area contributed by atoms with Crippen molar-refractivity contribution in [1.29, 1.82) is 0 Å². The van der Waals surface area contributed by atoms with Crippen LogP contribution < -0.4 is 15.4 Å². The zero-order chi connectivity index (χ0) is 25.4. The number of azo groups is 1.